The average Bonchev–Trinajstić information content (AvgIpc) is 3.25. The van der Waals surface area contributed by atoms with Gasteiger partial charge in [0.15, 0.2) is 0 Å². The van der Waals surface area contributed by atoms with Crippen molar-refractivity contribution < 1.29 is 0 Å². The SMILES string of the molecule is [SeH]C(CC1CS1)C1C[Se]C(C([SeH])CC2CS2)C[Se]1. The Labute approximate surface area is 148 Å². The third kappa shape index (κ3) is 4.91. The van der Waals surface area contributed by atoms with Crippen LogP contribution in [0.5, 0.6) is 0 Å². The first kappa shape index (κ1) is 15.7. The summed E-state index contributed by atoms with van der Waals surface area (Å²) in [5.74, 6) is 2.91. The molecule has 6 heteroatoms. The van der Waals surface area contributed by atoms with Crippen LogP contribution in [-0.4, -0.2) is 83.9 Å². The Kier molecular flexibility index (Phi) is 6.41. The summed E-state index contributed by atoms with van der Waals surface area (Å²) < 4.78 is 0. The van der Waals surface area contributed by atoms with E-state index in [0.29, 0.717) is 0 Å². The Balaban J connectivity index is 1.39. The van der Waals surface area contributed by atoms with Crippen LogP contribution in [0.4, 0.5) is 0 Å². The van der Waals surface area contributed by atoms with Crippen LogP contribution in [0, 0.1) is 0 Å². The van der Waals surface area contributed by atoms with Gasteiger partial charge in [0.1, 0.15) is 0 Å². The fraction of sp³-hybridized carbons (Fsp3) is 1.00. The molecular weight excluding hydrogens is 524 g/mol. The van der Waals surface area contributed by atoms with Crippen molar-refractivity contribution in [2.24, 2.45) is 0 Å². The van der Waals surface area contributed by atoms with Crippen LogP contribution >= 0.6 is 23.5 Å². The van der Waals surface area contributed by atoms with Gasteiger partial charge in [0, 0.05) is 0 Å². The first-order valence-electron chi connectivity index (χ1n) is 6.55. The van der Waals surface area contributed by atoms with Gasteiger partial charge in [0.05, 0.1) is 0 Å². The van der Waals surface area contributed by atoms with Gasteiger partial charge in [-0.1, -0.05) is 0 Å². The fourth-order valence-electron chi connectivity index (χ4n) is 2.23. The molecule has 0 bridgehead atoms. The van der Waals surface area contributed by atoms with Crippen LogP contribution in [0.3, 0.4) is 0 Å². The predicted octanol–water partition coefficient (Wildman–Crippen LogP) is 2.21. The number of thioether (sulfide) groups is 2. The molecule has 0 saturated carbocycles. The van der Waals surface area contributed by atoms with Gasteiger partial charge >= 0.3 is 150 Å². The molecule has 6 atom stereocenters. The van der Waals surface area contributed by atoms with E-state index in [1.54, 1.807) is 10.6 Å². The Morgan fingerprint density at radius 1 is 0.889 bits per heavy atom. The molecule has 3 aliphatic heterocycles. The summed E-state index contributed by atoms with van der Waals surface area (Å²) in [5.41, 5.74) is 0. The fourth-order valence-corrected chi connectivity index (χ4v) is 17.3. The molecule has 0 aliphatic carbocycles. The zero-order valence-electron chi connectivity index (χ0n) is 10.2. The molecule has 6 unspecified atom stereocenters. The second kappa shape index (κ2) is 7.36. The first-order valence-corrected chi connectivity index (χ1v) is 15.2. The van der Waals surface area contributed by atoms with E-state index in [-0.39, 0.29) is 0 Å². The molecule has 3 saturated heterocycles. The van der Waals surface area contributed by atoms with Crippen LogP contribution < -0.4 is 0 Å². The Morgan fingerprint density at radius 2 is 1.28 bits per heavy atom. The van der Waals surface area contributed by atoms with E-state index in [4.69, 9.17) is 0 Å². The molecule has 3 aliphatic rings. The van der Waals surface area contributed by atoms with Crippen LogP contribution in [0.25, 0.3) is 0 Å². The van der Waals surface area contributed by atoms with Crippen molar-refractivity contribution in [1.29, 1.82) is 0 Å². The molecule has 3 fully saturated rings. The van der Waals surface area contributed by atoms with E-state index in [9.17, 15) is 0 Å². The standard InChI is InChI=1S/C12H20S2Se4/c15-9(1-7-3-13-7)11-5-18-12(6-17-11)10(16)2-8-4-14-8/h7-12,15-16H,1-6H2. The second-order valence-electron chi connectivity index (χ2n) is 5.26. The van der Waals surface area contributed by atoms with Gasteiger partial charge in [-0.15, -0.1) is 0 Å². The van der Waals surface area contributed by atoms with Gasteiger partial charge in [-0.3, -0.25) is 0 Å². The van der Waals surface area contributed by atoms with Crippen molar-refractivity contribution in [3.8, 4) is 0 Å². The molecule has 104 valence electrons. The third-order valence-corrected chi connectivity index (χ3v) is 18.3. The van der Waals surface area contributed by atoms with Crippen LogP contribution in [-0.2, 0) is 0 Å². The summed E-state index contributed by atoms with van der Waals surface area (Å²) >= 11 is 12.3. The van der Waals surface area contributed by atoms with Crippen molar-refractivity contribution in [1.82, 2.24) is 0 Å². The number of rotatable bonds is 6. The topological polar surface area (TPSA) is 0 Å². The van der Waals surface area contributed by atoms with E-state index >= 15 is 0 Å². The normalized spacial score (nSPS) is 42.3. The molecule has 0 nitrogen and oxygen atoms in total. The average molecular weight is 544 g/mol. The molecular formula is C12H20S2Se4. The minimum absolute atomic E-state index is 0.941. The molecule has 0 amide bonds. The van der Waals surface area contributed by atoms with E-state index in [1.807, 2.05) is 0 Å². The monoisotopic (exact) mass is 548 g/mol. The Morgan fingerprint density at radius 3 is 1.56 bits per heavy atom. The Hall–Kier alpha value is 2.78. The van der Waals surface area contributed by atoms with E-state index < -0.39 is 0 Å². The van der Waals surface area contributed by atoms with E-state index in [0.717, 1.165) is 59.7 Å². The Bertz CT molecular complexity index is 247. The molecule has 0 radical (unpaired) electrons. The van der Waals surface area contributed by atoms with Crippen molar-refractivity contribution in [3.63, 3.8) is 0 Å². The third-order valence-electron chi connectivity index (χ3n) is 3.62. The maximum absolute atomic E-state index is 3.03. The summed E-state index contributed by atoms with van der Waals surface area (Å²) in [4.78, 5) is 4.18. The summed E-state index contributed by atoms with van der Waals surface area (Å²) in [5, 5.41) is 5.28. The molecule has 0 N–H and O–H groups in total. The van der Waals surface area contributed by atoms with Crippen molar-refractivity contribution >= 4 is 85.5 Å². The quantitative estimate of drug-likeness (QED) is 0.372. The predicted molar refractivity (Wildman–Crippen MR) is 92.1 cm³/mol. The molecule has 0 aromatic carbocycles. The van der Waals surface area contributed by atoms with E-state index in [1.165, 1.54) is 24.3 Å². The van der Waals surface area contributed by atoms with E-state index in [2.05, 4.69) is 55.5 Å². The molecule has 18 heavy (non-hydrogen) atoms. The first-order chi connectivity index (χ1) is 8.72. The van der Waals surface area contributed by atoms with Crippen molar-refractivity contribution in [2.75, 3.05) is 11.5 Å². The molecule has 0 spiro atoms. The van der Waals surface area contributed by atoms with Gasteiger partial charge in [0.25, 0.3) is 0 Å². The van der Waals surface area contributed by atoms with Crippen molar-refractivity contribution in [2.45, 2.75) is 53.2 Å². The summed E-state index contributed by atoms with van der Waals surface area (Å²) in [6.07, 6.45) is 3.00. The van der Waals surface area contributed by atoms with Gasteiger partial charge in [-0.2, -0.15) is 0 Å². The molecule has 3 heterocycles. The zero-order valence-corrected chi connectivity index (χ0v) is 19.0. The molecule has 0 aromatic rings. The molecule has 0 aromatic heterocycles. The van der Waals surface area contributed by atoms with Crippen molar-refractivity contribution in [3.05, 3.63) is 0 Å². The minimum atomic E-state index is 0.941. The number of hydrogen-bond donors (Lipinski definition) is 0. The van der Waals surface area contributed by atoms with Gasteiger partial charge in [-0.25, -0.2) is 0 Å². The zero-order chi connectivity index (χ0) is 12.5. The summed E-state index contributed by atoms with van der Waals surface area (Å²) in [6, 6.07) is 0. The summed E-state index contributed by atoms with van der Waals surface area (Å²) in [7, 11) is 0. The summed E-state index contributed by atoms with van der Waals surface area (Å²) in [6.45, 7) is 0. The van der Waals surface area contributed by atoms with Gasteiger partial charge in [0.2, 0.25) is 0 Å². The van der Waals surface area contributed by atoms with Crippen LogP contribution in [0.2, 0.25) is 29.9 Å². The second-order valence-corrected chi connectivity index (χ2v) is 16.0. The van der Waals surface area contributed by atoms with Crippen LogP contribution in [0.1, 0.15) is 12.8 Å². The van der Waals surface area contributed by atoms with Gasteiger partial charge < -0.3 is 0 Å². The van der Waals surface area contributed by atoms with Gasteiger partial charge in [-0.05, 0) is 0 Å². The number of hydrogen-bond acceptors (Lipinski definition) is 2. The van der Waals surface area contributed by atoms with Crippen LogP contribution in [0.15, 0.2) is 0 Å². The molecule has 3 rings (SSSR count). The maximum atomic E-state index is 3.03.